The van der Waals surface area contributed by atoms with Gasteiger partial charge in [0.15, 0.2) is 0 Å². The van der Waals surface area contributed by atoms with Crippen molar-refractivity contribution < 1.29 is 14.3 Å². The van der Waals surface area contributed by atoms with Crippen molar-refractivity contribution in [3.63, 3.8) is 0 Å². The Hall–Kier alpha value is -2.96. The lowest BCUT2D eigenvalue weighted by atomic mass is 10.2. The van der Waals surface area contributed by atoms with Gasteiger partial charge >= 0.3 is 5.97 Å². The van der Waals surface area contributed by atoms with Crippen molar-refractivity contribution in [3.8, 4) is 0 Å². The second-order valence-corrected chi connectivity index (χ2v) is 5.21. The van der Waals surface area contributed by atoms with Gasteiger partial charge in [-0.3, -0.25) is 4.79 Å². The Morgan fingerprint density at radius 1 is 1.17 bits per heavy atom. The maximum atomic E-state index is 12.0. The van der Waals surface area contributed by atoms with Crippen LogP contribution in [0.1, 0.15) is 33.7 Å². The van der Waals surface area contributed by atoms with Crippen molar-refractivity contribution in [1.29, 1.82) is 0 Å². The molecule has 1 amide bonds. The van der Waals surface area contributed by atoms with E-state index in [2.05, 4.69) is 25.3 Å². The highest BCUT2D eigenvalue weighted by molar-refractivity contribution is 5.93. The first-order valence-corrected chi connectivity index (χ1v) is 7.25. The van der Waals surface area contributed by atoms with Crippen molar-refractivity contribution in [2.45, 2.75) is 18.9 Å². The molecule has 1 aromatic carbocycles. The summed E-state index contributed by atoms with van der Waals surface area (Å²) in [4.78, 5) is 31.6. The molecule has 0 radical (unpaired) electrons. The van der Waals surface area contributed by atoms with E-state index in [0.717, 1.165) is 12.8 Å². The Labute approximate surface area is 133 Å². The molecule has 0 atom stereocenters. The fourth-order valence-electron chi connectivity index (χ4n) is 1.97. The number of carbonyl (C=O) groups excluding carboxylic acids is 2. The number of esters is 1. The summed E-state index contributed by atoms with van der Waals surface area (Å²) in [6, 6.07) is 8.55. The first kappa shape index (κ1) is 15.0. The molecule has 118 valence electrons. The average Bonchev–Trinajstić information content (AvgIpc) is 3.39. The SMILES string of the molecule is COC(=O)c1ccc(Nc2nccc(C(=O)NC3CC3)n2)cc1. The molecule has 1 fully saturated rings. The minimum atomic E-state index is -0.397. The fraction of sp³-hybridized carbons (Fsp3) is 0.250. The second kappa shape index (κ2) is 6.43. The Bertz CT molecular complexity index is 726. The number of aromatic nitrogens is 2. The predicted octanol–water partition coefficient (Wildman–Crippen LogP) is 1.90. The summed E-state index contributed by atoms with van der Waals surface area (Å²) in [6.45, 7) is 0. The number of benzene rings is 1. The van der Waals surface area contributed by atoms with Gasteiger partial charge in [-0.15, -0.1) is 0 Å². The van der Waals surface area contributed by atoms with Crippen LogP contribution in [0.25, 0.3) is 0 Å². The van der Waals surface area contributed by atoms with Gasteiger partial charge in [0.05, 0.1) is 12.7 Å². The van der Waals surface area contributed by atoms with Gasteiger partial charge < -0.3 is 15.4 Å². The molecule has 0 aliphatic heterocycles. The van der Waals surface area contributed by atoms with Crippen LogP contribution >= 0.6 is 0 Å². The number of anilines is 2. The van der Waals surface area contributed by atoms with E-state index in [9.17, 15) is 9.59 Å². The Kier molecular flexibility index (Phi) is 4.18. The van der Waals surface area contributed by atoms with Crippen LogP contribution in [-0.2, 0) is 4.74 Å². The molecule has 23 heavy (non-hydrogen) atoms. The first-order chi connectivity index (χ1) is 11.2. The van der Waals surface area contributed by atoms with E-state index in [1.54, 1.807) is 30.3 Å². The van der Waals surface area contributed by atoms with Crippen molar-refractivity contribution in [2.24, 2.45) is 0 Å². The summed E-state index contributed by atoms with van der Waals surface area (Å²) in [5.74, 6) is -0.273. The lowest BCUT2D eigenvalue weighted by Gasteiger charge is -2.07. The van der Waals surface area contributed by atoms with Crippen LogP contribution < -0.4 is 10.6 Å². The normalized spacial score (nSPS) is 13.3. The number of hydrogen-bond acceptors (Lipinski definition) is 6. The number of amides is 1. The highest BCUT2D eigenvalue weighted by Gasteiger charge is 2.24. The molecule has 1 saturated carbocycles. The van der Waals surface area contributed by atoms with Crippen molar-refractivity contribution in [2.75, 3.05) is 12.4 Å². The number of nitrogens with one attached hydrogen (secondary N) is 2. The van der Waals surface area contributed by atoms with Crippen molar-refractivity contribution in [1.82, 2.24) is 15.3 Å². The van der Waals surface area contributed by atoms with Crippen LogP contribution in [0.5, 0.6) is 0 Å². The van der Waals surface area contributed by atoms with Crippen LogP contribution in [0.2, 0.25) is 0 Å². The molecule has 3 rings (SSSR count). The largest absolute Gasteiger partial charge is 0.465 e. The highest BCUT2D eigenvalue weighted by atomic mass is 16.5. The van der Waals surface area contributed by atoms with E-state index < -0.39 is 5.97 Å². The molecule has 2 aromatic rings. The molecule has 1 heterocycles. The molecule has 1 aliphatic rings. The zero-order valence-corrected chi connectivity index (χ0v) is 12.6. The second-order valence-electron chi connectivity index (χ2n) is 5.21. The van der Waals surface area contributed by atoms with Gasteiger partial charge in [0.2, 0.25) is 5.95 Å². The molecule has 0 bridgehead atoms. The van der Waals surface area contributed by atoms with Gasteiger partial charge in [-0.25, -0.2) is 14.8 Å². The van der Waals surface area contributed by atoms with E-state index in [0.29, 0.717) is 22.9 Å². The Morgan fingerprint density at radius 2 is 1.91 bits per heavy atom. The number of carbonyl (C=O) groups is 2. The monoisotopic (exact) mass is 312 g/mol. The van der Waals surface area contributed by atoms with Gasteiger partial charge in [0.1, 0.15) is 5.69 Å². The maximum Gasteiger partial charge on any atom is 0.337 e. The van der Waals surface area contributed by atoms with Gasteiger partial charge in [0, 0.05) is 17.9 Å². The average molecular weight is 312 g/mol. The smallest absolute Gasteiger partial charge is 0.337 e. The summed E-state index contributed by atoms with van der Waals surface area (Å²) in [5, 5.41) is 5.88. The van der Waals surface area contributed by atoms with E-state index in [1.807, 2.05) is 0 Å². The van der Waals surface area contributed by atoms with Crippen molar-refractivity contribution in [3.05, 3.63) is 47.8 Å². The molecular formula is C16H16N4O3. The summed E-state index contributed by atoms with van der Waals surface area (Å²) in [7, 11) is 1.33. The molecule has 2 N–H and O–H groups in total. The van der Waals surface area contributed by atoms with Crippen LogP contribution in [0.3, 0.4) is 0 Å². The number of rotatable bonds is 5. The summed E-state index contributed by atoms with van der Waals surface area (Å²) >= 11 is 0. The summed E-state index contributed by atoms with van der Waals surface area (Å²) in [5.41, 5.74) is 1.48. The van der Waals surface area contributed by atoms with Crippen LogP contribution in [0.15, 0.2) is 36.5 Å². The molecule has 0 spiro atoms. The number of nitrogens with zero attached hydrogens (tertiary/aromatic N) is 2. The van der Waals surface area contributed by atoms with Gasteiger partial charge in [-0.2, -0.15) is 0 Å². The van der Waals surface area contributed by atoms with Crippen LogP contribution in [0.4, 0.5) is 11.6 Å². The third-order valence-corrected chi connectivity index (χ3v) is 3.36. The Balaban J connectivity index is 1.69. The van der Waals surface area contributed by atoms with Gasteiger partial charge in [-0.1, -0.05) is 0 Å². The quantitative estimate of drug-likeness (QED) is 0.819. The topological polar surface area (TPSA) is 93.2 Å². The van der Waals surface area contributed by atoms with Crippen molar-refractivity contribution >= 4 is 23.5 Å². The molecule has 0 saturated heterocycles. The highest BCUT2D eigenvalue weighted by Crippen LogP contribution is 2.19. The first-order valence-electron chi connectivity index (χ1n) is 7.25. The number of ether oxygens (including phenoxy) is 1. The Morgan fingerprint density at radius 3 is 2.57 bits per heavy atom. The van der Waals surface area contributed by atoms with E-state index >= 15 is 0 Å². The molecule has 7 heteroatoms. The standard InChI is InChI=1S/C16H16N4O3/c1-23-15(22)10-2-4-12(5-3-10)19-16-17-9-8-13(20-16)14(21)18-11-6-7-11/h2-5,8-9,11H,6-7H2,1H3,(H,18,21)(H,17,19,20). The lowest BCUT2D eigenvalue weighted by molar-refractivity contribution is 0.0600. The van der Waals surface area contributed by atoms with Gasteiger partial charge in [-0.05, 0) is 43.2 Å². The van der Waals surface area contributed by atoms with Crippen LogP contribution in [0, 0.1) is 0 Å². The fourth-order valence-corrected chi connectivity index (χ4v) is 1.97. The minimum Gasteiger partial charge on any atom is -0.465 e. The van der Waals surface area contributed by atoms with E-state index in [4.69, 9.17) is 0 Å². The molecule has 7 nitrogen and oxygen atoms in total. The van der Waals surface area contributed by atoms with E-state index in [1.165, 1.54) is 13.3 Å². The zero-order valence-electron chi connectivity index (χ0n) is 12.6. The predicted molar refractivity (Wildman–Crippen MR) is 83.6 cm³/mol. The number of methoxy groups -OCH3 is 1. The summed E-state index contributed by atoms with van der Waals surface area (Å²) < 4.78 is 4.64. The third-order valence-electron chi connectivity index (χ3n) is 3.36. The maximum absolute atomic E-state index is 12.0. The molecular weight excluding hydrogens is 296 g/mol. The van der Waals surface area contributed by atoms with Crippen LogP contribution in [-0.4, -0.2) is 35.0 Å². The number of hydrogen-bond donors (Lipinski definition) is 2. The lowest BCUT2D eigenvalue weighted by Crippen LogP contribution is -2.26. The summed E-state index contributed by atoms with van der Waals surface area (Å²) in [6.07, 6.45) is 3.57. The molecule has 1 aliphatic carbocycles. The van der Waals surface area contributed by atoms with E-state index in [-0.39, 0.29) is 11.9 Å². The molecule has 1 aromatic heterocycles. The zero-order chi connectivity index (χ0) is 16.2. The molecule has 0 unspecified atom stereocenters. The van der Waals surface area contributed by atoms with Gasteiger partial charge in [0.25, 0.3) is 5.91 Å². The third kappa shape index (κ3) is 3.82. The minimum absolute atomic E-state index is 0.195.